The lowest BCUT2D eigenvalue weighted by molar-refractivity contribution is -0.131. The van der Waals surface area contributed by atoms with Crippen molar-refractivity contribution in [3.8, 4) is 11.3 Å². The highest BCUT2D eigenvalue weighted by molar-refractivity contribution is 6.04. The number of β-lactam (4-membered cyclic amide) rings is 1. The number of benzene rings is 2. The van der Waals surface area contributed by atoms with Crippen molar-refractivity contribution in [2.75, 3.05) is 4.90 Å². The molecule has 6 heteroatoms. The molecule has 154 valence electrons. The molecule has 6 nitrogen and oxygen atoms in total. The van der Waals surface area contributed by atoms with E-state index in [1.807, 2.05) is 42.2 Å². The van der Waals surface area contributed by atoms with Crippen molar-refractivity contribution in [1.82, 2.24) is 20.2 Å². The summed E-state index contributed by atoms with van der Waals surface area (Å²) in [5.74, 6) is 0.804. The van der Waals surface area contributed by atoms with Crippen molar-refractivity contribution in [3.63, 3.8) is 0 Å². The number of aryl methyl sites for hydroxylation is 2. The molecule has 1 aliphatic heterocycles. The Bertz CT molecular complexity index is 1310. The molecule has 2 fully saturated rings. The van der Waals surface area contributed by atoms with E-state index in [1.54, 1.807) is 6.33 Å². The molecular weight excluding hydrogens is 386 g/mol. The van der Waals surface area contributed by atoms with Gasteiger partial charge < -0.3 is 9.88 Å². The van der Waals surface area contributed by atoms with Crippen LogP contribution in [0.25, 0.3) is 22.3 Å². The molecule has 4 aromatic rings. The Morgan fingerprint density at radius 2 is 1.87 bits per heavy atom. The number of fused-ring (bicyclic) bond motifs is 1. The number of amides is 1. The number of aromatic amines is 1. The maximum absolute atomic E-state index is 13.2. The molecule has 3 heterocycles. The summed E-state index contributed by atoms with van der Waals surface area (Å²) >= 11 is 0. The van der Waals surface area contributed by atoms with E-state index in [0.29, 0.717) is 5.92 Å². The first kappa shape index (κ1) is 18.2. The molecule has 2 atom stereocenters. The third-order valence-electron chi connectivity index (χ3n) is 6.64. The summed E-state index contributed by atoms with van der Waals surface area (Å²) in [7, 11) is 0. The van der Waals surface area contributed by atoms with Gasteiger partial charge in [0, 0.05) is 11.3 Å². The molecule has 6 rings (SSSR count). The largest absolute Gasteiger partial charge is 0.345 e. The lowest BCUT2D eigenvalue weighted by Crippen LogP contribution is -2.56. The van der Waals surface area contributed by atoms with Crippen molar-refractivity contribution in [2.45, 2.75) is 32.7 Å². The zero-order valence-corrected chi connectivity index (χ0v) is 17.5. The minimum Gasteiger partial charge on any atom is -0.345 e. The first-order chi connectivity index (χ1) is 15.1. The van der Waals surface area contributed by atoms with Crippen LogP contribution in [-0.2, 0) is 4.79 Å². The van der Waals surface area contributed by atoms with Gasteiger partial charge in [-0.15, -0.1) is 0 Å². The van der Waals surface area contributed by atoms with Crippen LogP contribution in [0.2, 0.25) is 0 Å². The van der Waals surface area contributed by atoms with E-state index >= 15 is 0 Å². The maximum atomic E-state index is 13.2. The Balaban J connectivity index is 1.39. The predicted molar refractivity (Wildman–Crippen MR) is 119 cm³/mol. The topological polar surface area (TPSA) is 74.8 Å². The second kappa shape index (κ2) is 6.74. The molecule has 2 unspecified atom stereocenters. The number of carbonyl (C=O) groups excluding carboxylic acids is 1. The van der Waals surface area contributed by atoms with E-state index in [4.69, 9.17) is 0 Å². The normalized spacial score (nSPS) is 20.8. The molecule has 1 saturated heterocycles. The number of hydrogen-bond donors (Lipinski definition) is 1. The van der Waals surface area contributed by atoms with Crippen LogP contribution in [0.5, 0.6) is 0 Å². The third kappa shape index (κ3) is 2.93. The SMILES string of the molecule is Cc1ccc(-c2ccc(C3C(C4CC4)C(=O)N3c3ccc4[nH]cnc4c3)c(C)c2)nn1. The van der Waals surface area contributed by atoms with Crippen LogP contribution in [0.1, 0.15) is 35.7 Å². The van der Waals surface area contributed by atoms with Crippen molar-refractivity contribution >= 4 is 22.6 Å². The Labute approximate surface area is 180 Å². The van der Waals surface area contributed by atoms with Gasteiger partial charge >= 0.3 is 0 Å². The minimum absolute atomic E-state index is 0.0644. The number of carbonyl (C=O) groups is 1. The molecule has 1 aliphatic carbocycles. The molecule has 2 aliphatic rings. The molecule has 2 aromatic heterocycles. The molecule has 1 amide bonds. The fraction of sp³-hybridized carbons (Fsp3) is 0.280. The molecular formula is C25H23N5O. The summed E-state index contributed by atoms with van der Waals surface area (Å²) < 4.78 is 0. The fourth-order valence-electron chi connectivity index (χ4n) is 4.84. The number of nitrogens with zero attached hydrogens (tertiary/aromatic N) is 4. The number of imidazole rings is 1. The van der Waals surface area contributed by atoms with Gasteiger partial charge in [0.2, 0.25) is 5.91 Å². The Morgan fingerprint density at radius 3 is 2.61 bits per heavy atom. The Hall–Kier alpha value is -3.54. The summed E-state index contributed by atoms with van der Waals surface area (Å²) in [6.45, 7) is 4.06. The summed E-state index contributed by atoms with van der Waals surface area (Å²) in [4.78, 5) is 22.7. The average Bonchev–Trinajstić information content (AvgIpc) is 3.47. The quantitative estimate of drug-likeness (QED) is 0.494. The third-order valence-corrected chi connectivity index (χ3v) is 6.64. The highest BCUT2D eigenvalue weighted by atomic mass is 16.2. The van der Waals surface area contributed by atoms with Crippen molar-refractivity contribution < 1.29 is 4.79 Å². The van der Waals surface area contributed by atoms with Gasteiger partial charge in [0.25, 0.3) is 0 Å². The van der Waals surface area contributed by atoms with Gasteiger partial charge in [-0.2, -0.15) is 10.2 Å². The molecule has 1 N–H and O–H groups in total. The highest BCUT2D eigenvalue weighted by Crippen LogP contribution is 2.54. The summed E-state index contributed by atoms with van der Waals surface area (Å²) in [6, 6.07) is 16.5. The number of nitrogens with one attached hydrogen (secondary N) is 1. The van der Waals surface area contributed by atoms with Crippen molar-refractivity contribution in [2.24, 2.45) is 11.8 Å². The van der Waals surface area contributed by atoms with E-state index in [-0.39, 0.29) is 17.9 Å². The maximum Gasteiger partial charge on any atom is 0.233 e. The van der Waals surface area contributed by atoms with Crippen molar-refractivity contribution in [1.29, 1.82) is 0 Å². The molecule has 31 heavy (non-hydrogen) atoms. The van der Waals surface area contributed by atoms with E-state index in [2.05, 4.69) is 45.3 Å². The number of hydrogen-bond acceptors (Lipinski definition) is 4. The van der Waals surface area contributed by atoms with Crippen LogP contribution in [0, 0.1) is 25.7 Å². The van der Waals surface area contributed by atoms with Crippen LogP contribution in [0.4, 0.5) is 5.69 Å². The zero-order chi connectivity index (χ0) is 21.1. The molecule has 0 spiro atoms. The Kier molecular flexibility index (Phi) is 3.96. The van der Waals surface area contributed by atoms with Gasteiger partial charge in [0.15, 0.2) is 0 Å². The smallest absolute Gasteiger partial charge is 0.233 e. The van der Waals surface area contributed by atoms with Crippen LogP contribution in [0.15, 0.2) is 54.9 Å². The van der Waals surface area contributed by atoms with E-state index < -0.39 is 0 Å². The van der Waals surface area contributed by atoms with Crippen LogP contribution >= 0.6 is 0 Å². The number of H-pyrrole nitrogens is 1. The lowest BCUT2D eigenvalue weighted by atomic mass is 9.77. The van der Waals surface area contributed by atoms with Gasteiger partial charge in [-0.3, -0.25) is 4.79 Å². The minimum atomic E-state index is 0.0644. The monoisotopic (exact) mass is 409 g/mol. The van der Waals surface area contributed by atoms with E-state index in [9.17, 15) is 4.79 Å². The van der Waals surface area contributed by atoms with Gasteiger partial charge in [-0.05, 0) is 80.1 Å². The van der Waals surface area contributed by atoms with Crippen LogP contribution in [0.3, 0.4) is 0 Å². The predicted octanol–water partition coefficient (Wildman–Crippen LogP) is 4.75. The number of aromatic nitrogens is 4. The van der Waals surface area contributed by atoms with Gasteiger partial charge in [0.05, 0.1) is 40.7 Å². The van der Waals surface area contributed by atoms with Gasteiger partial charge in [-0.1, -0.05) is 12.1 Å². The molecule has 0 radical (unpaired) electrons. The first-order valence-electron chi connectivity index (χ1n) is 10.8. The second-order valence-electron chi connectivity index (χ2n) is 8.75. The number of anilines is 1. The second-order valence-corrected chi connectivity index (χ2v) is 8.75. The molecule has 0 bridgehead atoms. The standard InChI is InChI=1S/C25H23N5O/c1-14-11-17(20-9-3-15(2)28-29-20)6-8-19(14)24-23(16-4-5-16)25(31)30(24)18-7-10-21-22(12-18)27-13-26-21/h3,6-13,16,23-24H,4-5H2,1-2H3,(H,26,27). The Morgan fingerprint density at radius 1 is 1.00 bits per heavy atom. The average molecular weight is 409 g/mol. The van der Waals surface area contributed by atoms with Gasteiger partial charge in [0.1, 0.15) is 0 Å². The van der Waals surface area contributed by atoms with Crippen LogP contribution < -0.4 is 4.90 Å². The first-order valence-corrected chi connectivity index (χ1v) is 10.8. The summed E-state index contributed by atoms with van der Waals surface area (Å²) in [5, 5.41) is 8.51. The lowest BCUT2D eigenvalue weighted by Gasteiger charge is -2.48. The summed E-state index contributed by atoms with van der Waals surface area (Å²) in [5.41, 5.74) is 7.98. The molecule has 2 aromatic carbocycles. The van der Waals surface area contributed by atoms with E-state index in [1.165, 1.54) is 11.1 Å². The highest BCUT2D eigenvalue weighted by Gasteiger charge is 2.55. The molecule has 1 saturated carbocycles. The fourth-order valence-corrected chi connectivity index (χ4v) is 4.84. The zero-order valence-electron chi connectivity index (χ0n) is 17.5. The van der Waals surface area contributed by atoms with E-state index in [0.717, 1.165) is 46.5 Å². The number of rotatable bonds is 4. The van der Waals surface area contributed by atoms with Gasteiger partial charge in [-0.25, -0.2) is 4.98 Å². The van der Waals surface area contributed by atoms with Crippen molar-refractivity contribution in [3.05, 3.63) is 71.7 Å². The summed E-state index contributed by atoms with van der Waals surface area (Å²) in [6.07, 6.45) is 3.98. The van der Waals surface area contributed by atoms with Crippen LogP contribution in [-0.4, -0.2) is 26.1 Å².